The van der Waals surface area contributed by atoms with E-state index < -0.39 is 0 Å². The SMILES string of the molecule is CC=C1C=Cc2ccccc2C1=O. The van der Waals surface area contributed by atoms with Gasteiger partial charge in [0.25, 0.3) is 0 Å². The van der Waals surface area contributed by atoms with Gasteiger partial charge in [0, 0.05) is 11.1 Å². The number of benzene rings is 1. The lowest BCUT2D eigenvalue weighted by molar-refractivity contribution is 0.103. The molecule has 0 atom stereocenters. The number of Topliss-reactive ketones (excluding diaryl/α,β-unsaturated/α-hetero) is 1. The molecule has 0 saturated carbocycles. The summed E-state index contributed by atoms with van der Waals surface area (Å²) in [5, 5.41) is 0. The van der Waals surface area contributed by atoms with Gasteiger partial charge in [-0.1, -0.05) is 42.5 Å². The minimum atomic E-state index is 0.126. The second kappa shape index (κ2) is 3.02. The summed E-state index contributed by atoms with van der Waals surface area (Å²) in [5.74, 6) is 0.126. The summed E-state index contributed by atoms with van der Waals surface area (Å²) < 4.78 is 0. The molecular formula is C12H10O. The van der Waals surface area contributed by atoms with Gasteiger partial charge in [0.05, 0.1) is 0 Å². The van der Waals surface area contributed by atoms with Crippen LogP contribution in [0.1, 0.15) is 22.8 Å². The highest BCUT2D eigenvalue weighted by molar-refractivity contribution is 6.15. The van der Waals surface area contributed by atoms with E-state index in [9.17, 15) is 4.79 Å². The molecular weight excluding hydrogens is 160 g/mol. The van der Waals surface area contributed by atoms with Crippen LogP contribution in [0.2, 0.25) is 0 Å². The smallest absolute Gasteiger partial charge is 0.193 e. The number of hydrogen-bond donors (Lipinski definition) is 0. The highest BCUT2D eigenvalue weighted by atomic mass is 16.1. The Morgan fingerprint density at radius 3 is 2.69 bits per heavy atom. The summed E-state index contributed by atoms with van der Waals surface area (Å²) in [6, 6.07) is 7.65. The molecule has 1 nitrogen and oxygen atoms in total. The summed E-state index contributed by atoms with van der Waals surface area (Å²) in [5.41, 5.74) is 2.59. The van der Waals surface area contributed by atoms with Gasteiger partial charge in [-0.05, 0) is 12.5 Å². The predicted octanol–water partition coefficient (Wildman–Crippen LogP) is 2.84. The van der Waals surface area contributed by atoms with Crippen molar-refractivity contribution in [1.82, 2.24) is 0 Å². The molecule has 0 heterocycles. The molecule has 1 heteroatoms. The average Bonchev–Trinajstić information content (AvgIpc) is 2.19. The standard InChI is InChI=1S/C12H10O/c1-2-9-7-8-10-5-3-4-6-11(10)12(9)13/h2-8H,1H3. The summed E-state index contributed by atoms with van der Waals surface area (Å²) in [4.78, 5) is 11.7. The number of ketones is 1. The van der Waals surface area contributed by atoms with Crippen LogP contribution in [0.25, 0.3) is 6.08 Å². The summed E-state index contributed by atoms with van der Waals surface area (Å²) >= 11 is 0. The van der Waals surface area contributed by atoms with Crippen molar-refractivity contribution in [3.8, 4) is 0 Å². The molecule has 1 aliphatic rings. The van der Waals surface area contributed by atoms with Crippen LogP contribution in [0.3, 0.4) is 0 Å². The van der Waals surface area contributed by atoms with E-state index in [1.54, 1.807) is 0 Å². The molecule has 0 fully saturated rings. The number of carbonyl (C=O) groups excluding carboxylic acids is 1. The molecule has 0 aliphatic heterocycles. The Bertz CT molecular complexity index is 411. The van der Waals surface area contributed by atoms with Crippen LogP contribution in [-0.4, -0.2) is 5.78 Å². The number of allylic oxidation sites excluding steroid dienone is 3. The Morgan fingerprint density at radius 1 is 1.15 bits per heavy atom. The van der Waals surface area contributed by atoms with Crippen LogP contribution >= 0.6 is 0 Å². The van der Waals surface area contributed by atoms with E-state index in [4.69, 9.17) is 0 Å². The highest BCUT2D eigenvalue weighted by Gasteiger charge is 2.15. The second-order valence-corrected chi connectivity index (χ2v) is 2.99. The Labute approximate surface area is 77.4 Å². The van der Waals surface area contributed by atoms with Crippen LogP contribution in [0.4, 0.5) is 0 Å². The summed E-state index contributed by atoms with van der Waals surface area (Å²) in [7, 11) is 0. The van der Waals surface area contributed by atoms with Crippen molar-refractivity contribution in [2.75, 3.05) is 0 Å². The molecule has 0 radical (unpaired) electrons. The van der Waals surface area contributed by atoms with Crippen LogP contribution in [-0.2, 0) is 0 Å². The minimum absolute atomic E-state index is 0.126. The van der Waals surface area contributed by atoms with Crippen LogP contribution in [0, 0.1) is 0 Å². The maximum atomic E-state index is 11.7. The quantitative estimate of drug-likeness (QED) is 0.547. The van der Waals surface area contributed by atoms with Crippen LogP contribution < -0.4 is 0 Å². The second-order valence-electron chi connectivity index (χ2n) is 2.99. The third-order valence-corrected chi connectivity index (χ3v) is 2.22. The molecule has 0 bridgehead atoms. The third kappa shape index (κ3) is 1.22. The van der Waals surface area contributed by atoms with Gasteiger partial charge in [0.15, 0.2) is 5.78 Å². The van der Waals surface area contributed by atoms with Gasteiger partial charge < -0.3 is 0 Å². The van der Waals surface area contributed by atoms with Crippen molar-refractivity contribution in [3.05, 3.63) is 53.1 Å². The molecule has 2 rings (SSSR count). The zero-order chi connectivity index (χ0) is 9.26. The van der Waals surface area contributed by atoms with Gasteiger partial charge in [-0.3, -0.25) is 4.79 Å². The molecule has 1 aromatic carbocycles. The zero-order valence-corrected chi connectivity index (χ0v) is 7.45. The fourth-order valence-corrected chi connectivity index (χ4v) is 1.49. The minimum Gasteiger partial charge on any atom is -0.289 e. The van der Waals surface area contributed by atoms with Crippen molar-refractivity contribution in [2.45, 2.75) is 6.92 Å². The summed E-state index contributed by atoms with van der Waals surface area (Å²) in [6.45, 7) is 1.88. The van der Waals surface area contributed by atoms with Crippen molar-refractivity contribution >= 4 is 11.9 Å². The maximum Gasteiger partial charge on any atom is 0.193 e. The number of carbonyl (C=O) groups is 1. The number of rotatable bonds is 0. The summed E-state index contributed by atoms with van der Waals surface area (Å²) in [6.07, 6.45) is 5.69. The molecule has 0 saturated heterocycles. The molecule has 0 spiro atoms. The van der Waals surface area contributed by atoms with Gasteiger partial charge in [-0.2, -0.15) is 0 Å². The fraction of sp³-hybridized carbons (Fsp3) is 0.0833. The molecule has 1 aromatic rings. The highest BCUT2D eigenvalue weighted by Crippen LogP contribution is 2.21. The lowest BCUT2D eigenvalue weighted by Crippen LogP contribution is -2.07. The predicted molar refractivity (Wildman–Crippen MR) is 53.6 cm³/mol. The van der Waals surface area contributed by atoms with Crippen molar-refractivity contribution in [2.24, 2.45) is 0 Å². The molecule has 1 aliphatic carbocycles. The van der Waals surface area contributed by atoms with Gasteiger partial charge in [0.1, 0.15) is 0 Å². The van der Waals surface area contributed by atoms with Crippen LogP contribution in [0.5, 0.6) is 0 Å². The first kappa shape index (κ1) is 7.99. The Morgan fingerprint density at radius 2 is 1.92 bits per heavy atom. The Kier molecular flexibility index (Phi) is 1.85. The van der Waals surface area contributed by atoms with Gasteiger partial charge in [0.2, 0.25) is 0 Å². The number of fused-ring (bicyclic) bond motifs is 1. The Hall–Kier alpha value is -1.63. The van der Waals surface area contributed by atoms with Crippen LogP contribution in [0.15, 0.2) is 42.0 Å². The lowest BCUT2D eigenvalue weighted by Gasteiger charge is -2.10. The monoisotopic (exact) mass is 170 g/mol. The molecule has 0 aromatic heterocycles. The van der Waals surface area contributed by atoms with E-state index in [0.29, 0.717) is 0 Å². The molecule has 0 unspecified atom stereocenters. The van der Waals surface area contributed by atoms with E-state index in [1.165, 1.54) is 0 Å². The van der Waals surface area contributed by atoms with Gasteiger partial charge in [-0.25, -0.2) is 0 Å². The topological polar surface area (TPSA) is 17.1 Å². The van der Waals surface area contributed by atoms with E-state index >= 15 is 0 Å². The average molecular weight is 170 g/mol. The first-order valence-corrected chi connectivity index (χ1v) is 4.31. The lowest BCUT2D eigenvalue weighted by atomic mass is 9.93. The van der Waals surface area contributed by atoms with Crippen molar-refractivity contribution < 1.29 is 4.79 Å². The zero-order valence-electron chi connectivity index (χ0n) is 7.45. The first-order chi connectivity index (χ1) is 6.33. The number of hydrogen-bond acceptors (Lipinski definition) is 1. The molecule has 0 N–H and O–H groups in total. The fourth-order valence-electron chi connectivity index (χ4n) is 1.49. The molecule has 13 heavy (non-hydrogen) atoms. The normalized spacial score (nSPS) is 17.6. The first-order valence-electron chi connectivity index (χ1n) is 4.31. The van der Waals surface area contributed by atoms with E-state index in [2.05, 4.69) is 0 Å². The Balaban J connectivity index is 2.61. The third-order valence-electron chi connectivity index (χ3n) is 2.22. The van der Waals surface area contributed by atoms with Gasteiger partial charge in [-0.15, -0.1) is 0 Å². The van der Waals surface area contributed by atoms with E-state index in [0.717, 1.165) is 16.7 Å². The van der Waals surface area contributed by atoms with Crippen molar-refractivity contribution in [3.63, 3.8) is 0 Å². The molecule has 0 amide bonds. The largest absolute Gasteiger partial charge is 0.289 e. The van der Waals surface area contributed by atoms with Gasteiger partial charge >= 0.3 is 0 Å². The van der Waals surface area contributed by atoms with E-state index in [-0.39, 0.29) is 5.78 Å². The van der Waals surface area contributed by atoms with E-state index in [1.807, 2.05) is 49.4 Å². The maximum absolute atomic E-state index is 11.7. The van der Waals surface area contributed by atoms with Crippen molar-refractivity contribution in [1.29, 1.82) is 0 Å². The molecule has 64 valence electrons.